The molecule has 0 saturated heterocycles. The number of ether oxygens (including phenoxy) is 2. The van der Waals surface area contributed by atoms with Crippen LogP contribution in [0.2, 0.25) is 0 Å². The fourth-order valence-corrected chi connectivity index (χ4v) is 0.792. The summed E-state index contributed by atoms with van der Waals surface area (Å²) in [5, 5.41) is 2.74. The summed E-state index contributed by atoms with van der Waals surface area (Å²) >= 11 is 0. The third-order valence-electron chi connectivity index (χ3n) is 1.47. The van der Waals surface area contributed by atoms with Gasteiger partial charge in [-0.15, -0.1) is 0 Å². The molecule has 0 radical (unpaired) electrons. The van der Waals surface area contributed by atoms with Crippen LogP contribution in [-0.2, 0) is 9.47 Å². The molecule has 0 spiro atoms. The fourth-order valence-electron chi connectivity index (χ4n) is 0.792. The summed E-state index contributed by atoms with van der Waals surface area (Å²) in [6.07, 6.45) is 0. The Morgan fingerprint density at radius 1 is 1.50 bits per heavy atom. The lowest BCUT2D eigenvalue weighted by Gasteiger charge is -2.27. The zero-order valence-corrected chi connectivity index (χ0v) is 7.29. The Morgan fingerprint density at radius 2 is 2.17 bits per heavy atom. The van der Waals surface area contributed by atoms with Crippen LogP contribution in [0.25, 0.3) is 0 Å². The van der Waals surface area contributed by atoms with Crippen molar-refractivity contribution in [3.8, 4) is 0 Å². The zero-order chi connectivity index (χ0) is 9.19. The van der Waals surface area contributed by atoms with Crippen LogP contribution in [0.3, 0.4) is 0 Å². The normalized spacial score (nSPS) is 28.6. The highest BCUT2D eigenvalue weighted by Crippen LogP contribution is 2.10. The summed E-state index contributed by atoms with van der Waals surface area (Å²) < 4.78 is 9.86. The first-order valence-electron chi connectivity index (χ1n) is 3.41. The van der Waals surface area contributed by atoms with E-state index >= 15 is 0 Å². The second-order valence-electron chi connectivity index (χ2n) is 2.41. The summed E-state index contributed by atoms with van der Waals surface area (Å²) in [5.41, 5.74) is 5.45. The lowest BCUT2D eigenvalue weighted by Crippen LogP contribution is -2.52. The molecule has 0 aromatic rings. The second kappa shape index (κ2) is 2.98. The van der Waals surface area contributed by atoms with Gasteiger partial charge in [0.15, 0.2) is 0 Å². The second-order valence-corrected chi connectivity index (χ2v) is 2.41. The molecular formula is C6H12N4O2. The molecule has 0 aromatic heterocycles. The smallest absolute Gasteiger partial charge is 0.319 e. The van der Waals surface area contributed by atoms with Crippen LogP contribution < -0.4 is 11.1 Å². The third-order valence-corrected chi connectivity index (χ3v) is 1.47. The largest absolute Gasteiger partial charge is 0.467 e. The van der Waals surface area contributed by atoms with Crippen LogP contribution in [0.1, 0.15) is 6.92 Å². The molecule has 6 nitrogen and oxygen atoms in total. The van der Waals surface area contributed by atoms with E-state index in [1.807, 2.05) is 0 Å². The predicted octanol–water partition coefficient (Wildman–Crippen LogP) is -0.773. The Hall–Kier alpha value is -1.30. The SMILES string of the molecule is COC1=NC(C)(OC)NC(N)=N1. The molecule has 12 heavy (non-hydrogen) atoms. The van der Waals surface area contributed by atoms with E-state index < -0.39 is 5.85 Å². The summed E-state index contributed by atoms with van der Waals surface area (Å²) in [4.78, 5) is 7.77. The van der Waals surface area contributed by atoms with E-state index in [0.29, 0.717) is 0 Å². The van der Waals surface area contributed by atoms with Crippen molar-refractivity contribution in [1.82, 2.24) is 5.32 Å². The molecule has 6 heteroatoms. The number of nitrogens with zero attached hydrogens (tertiary/aromatic N) is 2. The van der Waals surface area contributed by atoms with Gasteiger partial charge in [-0.3, -0.25) is 0 Å². The predicted molar refractivity (Wildman–Crippen MR) is 44.6 cm³/mol. The van der Waals surface area contributed by atoms with Gasteiger partial charge >= 0.3 is 6.02 Å². The maximum atomic E-state index is 5.45. The Balaban J connectivity index is 2.87. The molecule has 0 amide bonds. The van der Waals surface area contributed by atoms with Gasteiger partial charge in [0.25, 0.3) is 0 Å². The van der Waals surface area contributed by atoms with E-state index in [1.54, 1.807) is 6.92 Å². The highest BCUT2D eigenvalue weighted by atomic mass is 16.5. The van der Waals surface area contributed by atoms with Crippen LogP contribution in [-0.4, -0.2) is 32.0 Å². The van der Waals surface area contributed by atoms with Gasteiger partial charge < -0.3 is 20.5 Å². The summed E-state index contributed by atoms with van der Waals surface area (Å²) in [6.45, 7) is 1.72. The van der Waals surface area contributed by atoms with Crippen molar-refractivity contribution >= 4 is 12.0 Å². The molecule has 0 fully saturated rings. The topological polar surface area (TPSA) is 81.2 Å². The maximum absolute atomic E-state index is 5.45. The number of amidine groups is 1. The maximum Gasteiger partial charge on any atom is 0.319 e. The molecule has 1 atom stereocenters. The van der Waals surface area contributed by atoms with Gasteiger partial charge in [0.05, 0.1) is 7.11 Å². The van der Waals surface area contributed by atoms with Crippen molar-refractivity contribution in [2.24, 2.45) is 15.7 Å². The van der Waals surface area contributed by atoms with Gasteiger partial charge in [-0.2, -0.15) is 9.98 Å². The van der Waals surface area contributed by atoms with Crippen molar-refractivity contribution in [1.29, 1.82) is 0 Å². The van der Waals surface area contributed by atoms with Gasteiger partial charge in [0, 0.05) is 14.0 Å². The van der Waals surface area contributed by atoms with Crippen LogP contribution in [0, 0.1) is 0 Å². The van der Waals surface area contributed by atoms with Gasteiger partial charge in [-0.1, -0.05) is 0 Å². The fraction of sp³-hybridized carbons (Fsp3) is 0.667. The lowest BCUT2D eigenvalue weighted by atomic mass is 10.4. The van der Waals surface area contributed by atoms with Gasteiger partial charge in [-0.05, 0) is 0 Å². The summed E-state index contributed by atoms with van der Waals surface area (Å²) in [6, 6.07) is 0.204. The Labute approximate surface area is 70.5 Å². The zero-order valence-electron chi connectivity index (χ0n) is 7.29. The molecule has 0 aliphatic carbocycles. The number of methoxy groups -OCH3 is 2. The number of nitrogens with two attached hydrogens (primary N) is 1. The monoisotopic (exact) mass is 172 g/mol. The van der Waals surface area contributed by atoms with Gasteiger partial charge in [0.2, 0.25) is 11.8 Å². The van der Waals surface area contributed by atoms with E-state index in [-0.39, 0.29) is 12.0 Å². The van der Waals surface area contributed by atoms with Gasteiger partial charge in [0.1, 0.15) is 0 Å². The van der Waals surface area contributed by atoms with Gasteiger partial charge in [-0.25, -0.2) is 0 Å². The molecule has 1 heterocycles. The molecule has 0 saturated carbocycles. The van der Waals surface area contributed by atoms with Crippen LogP contribution in [0.4, 0.5) is 0 Å². The number of aliphatic imine (C=N–C) groups is 2. The first-order valence-corrected chi connectivity index (χ1v) is 3.41. The van der Waals surface area contributed by atoms with Crippen LogP contribution in [0.15, 0.2) is 9.98 Å². The Kier molecular flexibility index (Phi) is 2.18. The number of nitrogens with one attached hydrogen (secondary N) is 1. The molecule has 1 unspecified atom stereocenters. The standard InChI is InChI=1S/C6H12N4O2/c1-6(12-3)9-4(7)8-5(10-6)11-2/h1-3H3,(H3,7,8,9,10). The third kappa shape index (κ3) is 1.65. The van der Waals surface area contributed by atoms with E-state index in [1.165, 1.54) is 14.2 Å². The number of hydrogen-bond donors (Lipinski definition) is 2. The summed E-state index contributed by atoms with van der Waals surface area (Å²) in [5.74, 6) is -0.650. The van der Waals surface area contributed by atoms with E-state index in [4.69, 9.17) is 15.2 Å². The highest BCUT2D eigenvalue weighted by Gasteiger charge is 2.27. The van der Waals surface area contributed by atoms with Crippen LogP contribution in [0.5, 0.6) is 0 Å². The average Bonchev–Trinajstić information content (AvgIpc) is 2.03. The Bertz CT molecular complexity index is 238. The lowest BCUT2D eigenvalue weighted by molar-refractivity contribution is -0.00288. The molecule has 1 rings (SSSR count). The van der Waals surface area contributed by atoms with Crippen molar-refractivity contribution in [2.45, 2.75) is 12.8 Å². The minimum absolute atomic E-state index is 0.204. The first-order chi connectivity index (χ1) is 5.59. The summed E-state index contributed by atoms with van der Waals surface area (Å²) in [7, 11) is 2.99. The van der Waals surface area contributed by atoms with Crippen molar-refractivity contribution in [2.75, 3.05) is 14.2 Å². The number of hydrogen-bond acceptors (Lipinski definition) is 6. The van der Waals surface area contributed by atoms with Crippen molar-refractivity contribution in [3.63, 3.8) is 0 Å². The Morgan fingerprint density at radius 3 is 2.67 bits per heavy atom. The molecule has 0 aromatic carbocycles. The number of rotatable bonds is 1. The minimum Gasteiger partial charge on any atom is -0.467 e. The van der Waals surface area contributed by atoms with E-state index in [2.05, 4.69) is 15.3 Å². The quantitative estimate of drug-likeness (QED) is 0.544. The molecule has 1 aliphatic rings. The molecule has 1 aliphatic heterocycles. The molecular weight excluding hydrogens is 160 g/mol. The highest BCUT2D eigenvalue weighted by molar-refractivity contribution is 5.93. The molecule has 3 N–H and O–H groups in total. The molecule has 68 valence electrons. The minimum atomic E-state index is -0.878. The van der Waals surface area contributed by atoms with E-state index in [9.17, 15) is 0 Å². The average molecular weight is 172 g/mol. The first kappa shape index (κ1) is 8.79. The van der Waals surface area contributed by atoms with Crippen molar-refractivity contribution in [3.05, 3.63) is 0 Å². The van der Waals surface area contributed by atoms with Crippen LogP contribution >= 0.6 is 0 Å². The van der Waals surface area contributed by atoms with Crippen molar-refractivity contribution < 1.29 is 9.47 Å². The molecule has 0 bridgehead atoms. The van der Waals surface area contributed by atoms with E-state index in [0.717, 1.165) is 0 Å². The number of guanidine groups is 1.